The molecule has 0 aromatic carbocycles. The minimum absolute atomic E-state index is 0.0944. The fourth-order valence-corrected chi connectivity index (χ4v) is 4.80. The summed E-state index contributed by atoms with van der Waals surface area (Å²) in [5, 5.41) is 0. The van der Waals surface area contributed by atoms with Crippen LogP contribution >= 0.6 is 0 Å². The van der Waals surface area contributed by atoms with Crippen LogP contribution in [0, 0.1) is 0 Å². The molecule has 0 N–H and O–H groups in total. The first kappa shape index (κ1) is 19.4. The fraction of sp³-hybridized carbons (Fsp3) is 0.423. The highest BCUT2D eigenvalue weighted by molar-refractivity contribution is 5.76. The molecule has 0 saturated heterocycles. The minimum Gasteiger partial charge on any atom is -0.376 e. The van der Waals surface area contributed by atoms with Crippen LogP contribution in [0.25, 0.3) is 22.8 Å². The molecule has 0 atom stereocenters. The molecular weight excluding hydrogens is 370 g/mol. The van der Waals surface area contributed by atoms with Gasteiger partial charge >= 0.3 is 0 Å². The van der Waals surface area contributed by atoms with Crippen molar-refractivity contribution < 1.29 is 4.74 Å². The lowest BCUT2D eigenvalue weighted by atomic mass is 9.81. The Morgan fingerprint density at radius 2 is 1.37 bits per heavy atom. The second-order valence-electron chi connectivity index (χ2n) is 9.33. The summed E-state index contributed by atoms with van der Waals surface area (Å²) in [5.41, 5.74) is 11.0. The topological polar surface area (TPSA) is 47.9 Å². The largest absolute Gasteiger partial charge is 0.376 e. The minimum atomic E-state index is -0.0944. The van der Waals surface area contributed by atoms with Crippen molar-refractivity contribution in [2.24, 2.45) is 0 Å². The van der Waals surface area contributed by atoms with Gasteiger partial charge in [-0.25, -0.2) is 4.98 Å². The zero-order valence-corrected chi connectivity index (χ0v) is 18.2. The number of fused-ring (bicyclic) bond motifs is 6. The number of nitrogens with zero attached hydrogens (tertiary/aromatic N) is 3. The Morgan fingerprint density at radius 1 is 0.800 bits per heavy atom. The van der Waals surface area contributed by atoms with Gasteiger partial charge in [-0.05, 0) is 99.2 Å². The van der Waals surface area contributed by atoms with Crippen molar-refractivity contribution in [2.75, 3.05) is 6.61 Å². The van der Waals surface area contributed by atoms with Gasteiger partial charge in [0.05, 0.1) is 28.4 Å². The molecule has 0 spiro atoms. The van der Waals surface area contributed by atoms with E-state index in [-0.39, 0.29) is 5.60 Å². The number of hydrogen-bond acceptors (Lipinski definition) is 4. The van der Waals surface area contributed by atoms with Gasteiger partial charge in [-0.1, -0.05) is 12.1 Å². The molecule has 0 unspecified atom stereocenters. The average Bonchev–Trinajstić information content (AvgIpc) is 2.75. The predicted octanol–water partition coefficient (Wildman–Crippen LogP) is 5.15. The Morgan fingerprint density at radius 3 is 1.90 bits per heavy atom. The van der Waals surface area contributed by atoms with Crippen LogP contribution in [-0.2, 0) is 36.8 Å². The molecule has 2 aliphatic rings. The maximum atomic E-state index is 6.01. The van der Waals surface area contributed by atoms with E-state index in [0.717, 1.165) is 67.9 Å². The van der Waals surface area contributed by atoms with E-state index < -0.39 is 0 Å². The Bertz CT molecular complexity index is 1020. The molecule has 2 aliphatic carbocycles. The van der Waals surface area contributed by atoms with E-state index in [1.165, 1.54) is 27.8 Å². The number of ether oxygens (including phenoxy) is 1. The van der Waals surface area contributed by atoms with Crippen LogP contribution in [0.3, 0.4) is 0 Å². The highest BCUT2D eigenvalue weighted by Gasteiger charge is 2.29. The van der Waals surface area contributed by atoms with Gasteiger partial charge in [-0.3, -0.25) is 9.97 Å². The lowest BCUT2D eigenvalue weighted by molar-refractivity contribution is -0.00387. The van der Waals surface area contributed by atoms with Gasteiger partial charge in [0.2, 0.25) is 0 Å². The van der Waals surface area contributed by atoms with E-state index in [9.17, 15) is 0 Å². The van der Waals surface area contributed by atoms with Crippen LogP contribution in [0.15, 0.2) is 36.7 Å². The standard InChI is InChI=1S/C26H29N3O/c1-26(2,3)30-16-6-9-19-20-12-10-17-7-4-14-27-22(17)24(20)29-25-21(19)13-11-18-8-5-15-28-23(18)25/h4-5,7-8,14-15H,6,9-13,16H2,1-3H3. The first-order valence-electron chi connectivity index (χ1n) is 11.1. The summed E-state index contributed by atoms with van der Waals surface area (Å²) in [6, 6.07) is 8.44. The monoisotopic (exact) mass is 399 g/mol. The SMILES string of the molecule is CC(C)(C)OCCCc1c2c(nc3c1CCc1cccnc1-3)-c1ncccc1CC2. The molecule has 0 fully saturated rings. The molecule has 0 bridgehead atoms. The van der Waals surface area contributed by atoms with Crippen molar-refractivity contribution in [1.29, 1.82) is 0 Å². The van der Waals surface area contributed by atoms with Crippen LogP contribution in [0.5, 0.6) is 0 Å². The van der Waals surface area contributed by atoms with E-state index in [4.69, 9.17) is 19.7 Å². The van der Waals surface area contributed by atoms with Crippen molar-refractivity contribution in [1.82, 2.24) is 15.0 Å². The molecule has 154 valence electrons. The Kier molecular flexibility index (Phi) is 4.90. The summed E-state index contributed by atoms with van der Waals surface area (Å²) in [7, 11) is 0. The predicted molar refractivity (Wildman–Crippen MR) is 120 cm³/mol. The van der Waals surface area contributed by atoms with E-state index >= 15 is 0 Å². The molecule has 0 aliphatic heterocycles. The first-order valence-corrected chi connectivity index (χ1v) is 11.1. The lowest BCUT2D eigenvalue weighted by Crippen LogP contribution is -2.21. The van der Waals surface area contributed by atoms with E-state index in [0.29, 0.717) is 0 Å². The number of pyridine rings is 3. The fourth-order valence-electron chi connectivity index (χ4n) is 4.80. The number of aryl methyl sites for hydroxylation is 2. The molecule has 3 aromatic heterocycles. The quantitative estimate of drug-likeness (QED) is 0.569. The van der Waals surface area contributed by atoms with Crippen molar-refractivity contribution in [3.63, 3.8) is 0 Å². The molecule has 30 heavy (non-hydrogen) atoms. The zero-order valence-electron chi connectivity index (χ0n) is 18.2. The third kappa shape index (κ3) is 3.54. The van der Waals surface area contributed by atoms with Crippen LogP contribution in [0.4, 0.5) is 0 Å². The highest BCUT2D eigenvalue weighted by atomic mass is 16.5. The maximum Gasteiger partial charge on any atom is 0.0932 e. The second kappa shape index (κ2) is 7.59. The maximum absolute atomic E-state index is 6.01. The van der Waals surface area contributed by atoms with E-state index in [1.807, 2.05) is 24.5 Å². The summed E-state index contributed by atoms with van der Waals surface area (Å²) in [6.07, 6.45) is 9.97. The Balaban J connectivity index is 1.61. The lowest BCUT2D eigenvalue weighted by Gasteiger charge is -2.28. The number of rotatable bonds is 4. The van der Waals surface area contributed by atoms with E-state index in [1.54, 1.807) is 0 Å². The molecular formula is C26H29N3O. The molecule has 3 heterocycles. The van der Waals surface area contributed by atoms with Gasteiger partial charge in [-0.2, -0.15) is 0 Å². The van der Waals surface area contributed by atoms with Crippen molar-refractivity contribution in [3.05, 3.63) is 64.5 Å². The summed E-state index contributed by atoms with van der Waals surface area (Å²) < 4.78 is 6.01. The van der Waals surface area contributed by atoms with Crippen LogP contribution in [0.1, 0.15) is 55.0 Å². The van der Waals surface area contributed by atoms with Crippen LogP contribution in [-0.4, -0.2) is 27.2 Å². The molecule has 4 heteroatoms. The van der Waals surface area contributed by atoms with Gasteiger partial charge in [0.1, 0.15) is 0 Å². The molecule has 4 nitrogen and oxygen atoms in total. The molecule has 0 amide bonds. The molecule has 5 rings (SSSR count). The summed E-state index contributed by atoms with van der Waals surface area (Å²) in [5.74, 6) is 0. The summed E-state index contributed by atoms with van der Waals surface area (Å²) >= 11 is 0. The second-order valence-corrected chi connectivity index (χ2v) is 9.33. The molecule has 0 radical (unpaired) electrons. The van der Waals surface area contributed by atoms with Crippen molar-refractivity contribution in [3.8, 4) is 22.8 Å². The van der Waals surface area contributed by atoms with Gasteiger partial charge in [0.15, 0.2) is 0 Å². The van der Waals surface area contributed by atoms with Crippen LogP contribution < -0.4 is 0 Å². The molecule has 3 aromatic rings. The van der Waals surface area contributed by atoms with E-state index in [2.05, 4.69) is 32.9 Å². The smallest absolute Gasteiger partial charge is 0.0932 e. The number of hydrogen-bond donors (Lipinski definition) is 0. The Hall–Kier alpha value is -2.59. The van der Waals surface area contributed by atoms with Gasteiger partial charge in [-0.15, -0.1) is 0 Å². The molecule has 0 saturated carbocycles. The normalized spacial score (nSPS) is 14.5. The average molecular weight is 400 g/mol. The third-order valence-corrected chi connectivity index (χ3v) is 6.15. The highest BCUT2D eigenvalue weighted by Crippen LogP contribution is 2.40. The van der Waals surface area contributed by atoms with Crippen molar-refractivity contribution >= 4 is 0 Å². The van der Waals surface area contributed by atoms with Gasteiger partial charge in [0.25, 0.3) is 0 Å². The summed E-state index contributed by atoms with van der Waals surface area (Å²) in [4.78, 5) is 14.7. The third-order valence-electron chi connectivity index (χ3n) is 6.15. The Labute approximate surface area is 178 Å². The van der Waals surface area contributed by atoms with Gasteiger partial charge in [0, 0.05) is 19.0 Å². The van der Waals surface area contributed by atoms with Gasteiger partial charge < -0.3 is 4.74 Å². The first-order chi connectivity index (χ1) is 14.5. The van der Waals surface area contributed by atoms with Crippen LogP contribution in [0.2, 0.25) is 0 Å². The number of aromatic nitrogens is 3. The zero-order chi connectivity index (χ0) is 20.7. The summed E-state index contributed by atoms with van der Waals surface area (Å²) in [6.45, 7) is 7.14. The van der Waals surface area contributed by atoms with Crippen molar-refractivity contribution in [2.45, 2.75) is 64.9 Å².